The molecule has 0 heterocycles. The van der Waals surface area contributed by atoms with Gasteiger partial charge in [-0.15, -0.1) is 40.8 Å². The van der Waals surface area contributed by atoms with Crippen molar-refractivity contribution in [3.63, 3.8) is 0 Å². The Morgan fingerprint density at radius 2 is 1.33 bits per heavy atom. The van der Waals surface area contributed by atoms with Crippen LogP contribution in [0.5, 0.6) is 0 Å². The van der Waals surface area contributed by atoms with E-state index < -0.39 is 23.1 Å². The van der Waals surface area contributed by atoms with E-state index in [4.69, 9.17) is 18.6 Å². The molecule has 4 heteroatoms. The number of hydrogen-bond donors (Lipinski definition) is 1. The van der Waals surface area contributed by atoms with E-state index in [2.05, 4.69) is 61.5 Å². The Kier molecular flexibility index (Phi) is 10.5. The van der Waals surface area contributed by atoms with Crippen molar-refractivity contribution in [1.82, 2.24) is 0 Å². The molecular weight excluding hydrogens is 483 g/mol. The first kappa shape index (κ1) is 25.5. The number of aliphatic hydroxyl groups is 1. The molecule has 0 aliphatic heterocycles. The molecule has 0 radical (unpaired) electrons. The third-order valence-electron chi connectivity index (χ3n) is 5.28. The zero-order valence-corrected chi connectivity index (χ0v) is 21.5. The SMILES string of the molecule is CC1=CCC(c2[c-]c3ccccc3cc2)=C1.OC(c1ccccc1)c1ccccc1.[Cl][Ti][Cl]. The second kappa shape index (κ2) is 13.5. The van der Waals surface area contributed by atoms with E-state index in [1.807, 2.05) is 60.7 Å². The number of fused-ring (bicyclic) bond motifs is 1. The van der Waals surface area contributed by atoms with Gasteiger partial charge in [-0.05, 0) is 24.5 Å². The van der Waals surface area contributed by atoms with Crippen LogP contribution in [0.4, 0.5) is 0 Å². The number of hydrogen-bond acceptors (Lipinski definition) is 1. The van der Waals surface area contributed by atoms with Gasteiger partial charge in [0, 0.05) is 0 Å². The molecule has 0 bridgehead atoms. The summed E-state index contributed by atoms with van der Waals surface area (Å²) in [6, 6.07) is 35.5. The zero-order chi connectivity index (χ0) is 23.5. The molecule has 4 aromatic carbocycles. The van der Waals surface area contributed by atoms with Gasteiger partial charge < -0.3 is 5.11 Å². The summed E-state index contributed by atoms with van der Waals surface area (Å²) in [6.07, 6.45) is 5.04. The van der Waals surface area contributed by atoms with Crippen molar-refractivity contribution in [3.05, 3.63) is 138 Å². The number of halogens is 2. The van der Waals surface area contributed by atoms with Crippen LogP contribution in [0.1, 0.15) is 36.1 Å². The third-order valence-corrected chi connectivity index (χ3v) is 5.28. The topological polar surface area (TPSA) is 20.2 Å². The van der Waals surface area contributed by atoms with Crippen molar-refractivity contribution in [1.29, 1.82) is 0 Å². The molecule has 1 aliphatic rings. The number of aliphatic hydroxyl groups excluding tert-OH is 1. The van der Waals surface area contributed by atoms with Crippen LogP contribution >= 0.6 is 18.6 Å². The van der Waals surface area contributed by atoms with E-state index in [0.717, 1.165) is 17.5 Å². The van der Waals surface area contributed by atoms with Crippen molar-refractivity contribution in [2.45, 2.75) is 19.4 Å². The molecule has 0 spiro atoms. The van der Waals surface area contributed by atoms with E-state index >= 15 is 0 Å². The minimum absolute atomic E-state index is 0.516. The zero-order valence-electron chi connectivity index (χ0n) is 18.4. The van der Waals surface area contributed by atoms with Crippen LogP contribution in [0.3, 0.4) is 0 Å². The maximum atomic E-state index is 9.99. The van der Waals surface area contributed by atoms with Crippen LogP contribution in [0, 0.1) is 6.07 Å². The van der Waals surface area contributed by atoms with Gasteiger partial charge in [0.05, 0.1) is 0 Å². The second-order valence-electron chi connectivity index (χ2n) is 7.58. The minimum atomic E-state index is -0.556. The molecule has 0 aromatic heterocycles. The first-order chi connectivity index (χ1) is 16.1. The van der Waals surface area contributed by atoms with Gasteiger partial charge >= 0.3 is 35.6 Å². The van der Waals surface area contributed by atoms with E-state index in [1.54, 1.807) is 0 Å². The second-order valence-corrected chi connectivity index (χ2v) is 10.2. The summed E-state index contributed by atoms with van der Waals surface area (Å²) in [7, 11) is 9.78. The van der Waals surface area contributed by atoms with E-state index in [-0.39, 0.29) is 0 Å². The predicted octanol–water partition coefficient (Wildman–Crippen LogP) is 8.52. The predicted molar refractivity (Wildman–Crippen MR) is 138 cm³/mol. The fourth-order valence-electron chi connectivity index (χ4n) is 3.62. The summed E-state index contributed by atoms with van der Waals surface area (Å²) in [5.74, 6) is 0. The maximum absolute atomic E-state index is 9.99. The van der Waals surface area contributed by atoms with Crippen LogP contribution in [-0.2, 0) is 17.0 Å². The van der Waals surface area contributed by atoms with Gasteiger partial charge in [-0.1, -0.05) is 102 Å². The average molecular weight is 508 g/mol. The van der Waals surface area contributed by atoms with Crippen molar-refractivity contribution in [2.24, 2.45) is 0 Å². The van der Waals surface area contributed by atoms with E-state index in [0.29, 0.717) is 0 Å². The van der Waals surface area contributed by atoms with Gasteiger partial charge in [-0.2, -0.15) is 0 Å². The van der Waals surface area contributed by atoms with Crippen LogP contribution in [0.25, 0.3) is 16.3 Å². The quantitative estimate of drug-likeness (QED) is 0.217. The normalized spacial score (nSPS) is 12.2. The molecule has 0 fully saturated rings. The van der Waals surface area contributed by atoms with Gasteiger partial charge in [0.1, 0.15) is 6.10 Å². The van der Waals surface area contributed by atoms with Gasteiger partial charge in [-0.3, -0.25) is 0 Å². The van der Waals surface area contributed by atoms with Crippen LogP contribution in [-0.4, -0.2) is 5.11 Å². The van der Waals surface area contributed by atoms with Gasteiger partial charge in [0.25, 0.3) is 0 Å². The van der Waals surface area contributed by atoms with E-state index in [1.165, 1.54) is 27.5 Å². The molecule has 4 aromatic rings. The fraction of sp³-hybridized carbons (Fsp3) is 0.103. The molecule has 1 aliphatic carbocycles. The summed E-state index contributed by atoms with van der Waals surface area (Å²) in [5.41, 5.74) is 5.82. The molecule has 0 atom stereocenters. The average Bonchev–Trinajstić information content (AvgIpc) is 3.31. The molecule has 1 N–H and O–H groups in total. The van der Waals surface area contributed by atoms with Gasteiger partial charge in [-0.25, -0.2) is 0 Å². The Morgan fingerprint density at radius 3 is 1.88 bits per heavy atom. The molecule has 0 unspecified atom stereocenters. The molecule has 0 saturated carbocycles. The fourth-order valence-corrected chi connectivity index (χ4v) is 3.62. The summed E-state index contributed by atoms with van der Waals surface area (Å²) in [4.78, 5) is 0. The molecule has 33 heavy (non-hydrogen) atoms. The number of benzene rings is 4. The Balaban J connectivity index is 0.000000168. The first-order valence-electron chi connectivity index (χ1n) is 10.7. The van der Waals surface area contributed by atoms with Crippen molar-refractivity contribution in [3.8, 4) is 0 Å². The summed E-state index contributed by atoms with van der Waals surface area (Å²) < 4.78 is 0. The molecule has 0 amide bonds. The molecule has 0 saturated heterocycles. The summed E-state index contributed by atoms with van der Waals surface area (Å²) in [5, 5.41) is 12.5. The Bertz CT molecular complexity index is 1160. The summed E-state index contributed by atoms with van der Waals surface area (Å²) in [6.45, 7) is 2.15. The third kappa shape index (κ3) is 7.71. The van der Waals surface area contributed by atoms with Crippen molar-refractivity contribution < 1.29 is 22.1 Å². The van der Waals surface area contributed by atoms with Crippen LogP contribution in [0.15, 0.2) is 115 Å². The monoisotopic (exact) mass is 507 g/mol. The van der Waals surface area contributed by atoms with Crippen molar-refractivity contribution >= 4 is 35.0 Å². The molecular formula is C29H25Cl2OTi-. The van der Waals surface area contributed by atoms with Gasteiger partial charge in [0.15, 0.2) is 0 Å². The first-order valence-corrected chi connectivity index (χ1v) is 14.9. The summed E-state index contributed by atoms with van der Waals surface area (Å²) >= 11 is -0.556. The van der Waals surface area contributed by atoms with Crippen LogP contribution < -0.4 is 0 Å². The standard InChI is InChI=1S/C16H13.C13H12O.2ClH.Ti/c1-12-6-7-15(10-12)16-9-8-13-4-2-3-5-14(13)11-16;14-13(11-7-3-1-4-8-11)12-9-5-2-6-10-12;;;/h2-6,8-10H,7H2,1H3;1-10,13-14H;2*1H;/q-1;;;;+2/p-2. The Morgan fingerprint density at radius 1 is 0.788 bits per heavy atom. The van der Waals surface area contributed by atoms with Crippen molar-refractivity contribution in [2.75, 3.05) is 0 Å². The Labute approximate surface area is 213 Å². The molecule has 1 nitrogen and oxygen atoms in total. The molecule has 5 rings (SSSR count). The van der Waals surface area contributed by atoms with Gasteiger partial charge in [0.2, 0.25) is 0 Å². The molecule has 166 valence electrons. The number of rotatable bonds is 3. The number of allylic oxidation sites excluding steroid dienone is 4. The van der Waals surface area contributed by atoms with E-state index in [9.17, 15) is 5.11 Å². The van der Waals surface area contributed by atoms with Crippen LogP contribution in [0.2, 0.25) is 0 Å². The Hall–Kier alpha value is -2.13.